The van der Waals surface area contributed by atoms with Crippen molar-refractivity contribution in [1.82, 2.24) is 0 Å². The fourth-order valence-corrected chi connectivity index (χ4v) is 3.61. The first-order valence-electron chi connectivity index (χ1n) is 6.48. The van der Waals surface area contributed by atoms with Gasteiger partial charge in [0.1, 0.15) is 0 Å². The van der Waals surface area contributed by atoms with Gasteiger partial charge in [-0.15, -0.1) is 0 Å². The van der Waals surface area contributed by atoms with Crippen molar-refractivity contribution in [3.8, 4) is 0 Å². The predicted octanol–water partition coefficient (Wildman–Crippen LogP) is 3.07. The average Bonchev–Trinajstić information content (AvgIpc) is 2.43. The predicted molar refractivity (Wildman–Crippen MR) is 83.0 cm³/mol. The van der Waals surface area contributed by atoms with Gasteiger partial charge in [-0.2, -0.15) is 12.6 Å². The lowest BCUT2D eigenvalue weighted by Gasteiger charge is -2.33. The molecule has 0 heterocycles. The lowest BCUT2D eigenvalue weighted by molar-refractivity contribution is 0.248. The van der Waals surface area contributed by atoms with E-state index in [2.05, 4.69) is 12.6 Å². The molecule has 0 unspecified atom stereocenters. The van der Waals surface area contributed by atoms with E-state index >= 15 is 0 Å². The monoisotopic (exact) mass is 299 g/mol. The van der Waals surface area contributed by atoms with E-state index in [9.17, 15) is 0 Å². The normalized spacial score (nSPS) is 18.1. The highest BCUT2D eigenvalue weighted by molar-refractivity contribution is 8.21. The summed E-state index contributed by atoms with van der Waals surface area (Å²) in [6.07, 6.45) is 7.60. The van der Waals surface area contributed by atoms with Crippen LogP contribution >= 0.6 is 23.5 Å². The van der Waals surface area contributed by atoms with E-state index in [1.165, 1.54) is 32.1 Å². The van der Waals surface area contributed by atoms with Crippen molar-refractivity contribution < 1.29 is 12.5 Å². The molecule has 0 aromatic rings. The van der Waals surface area contributed by atoms with Crippen LogP contribution in [0.4, 0.5) is 0 Å². The summed E-state index contributed by atoms with van der Waals surface area (Å²) in [6, 6.07) is 0.536. The topological polar surface area (TPSA) is 53.7 Å². The molecule has 18 heavy (non-hydrogen) atoms. The summed E-state index contributed by atoms with van der Waals surface area (Å²) in [5, 5.41) is 0. The standard InChI is InChI=1S/C6H13N.C6H16O3S2/c7-6-4-2-1-3-5-6;1-7-11(8-2,9-3)6-4-5-10/h6H,1-5,7H2;10H,4-6H2,1-3H3. The van der Waals surface area contributed by atoms with Crippen molar-refractivity contribution in [2.24, 2.45) is 5.73 Å². The molecule has 1 aliphatic carbocycles. The second-order valence-electron chi connectivity index (χ2n) is 4.24. The summed E-state index contributed by atoms with van der Waals surface area (Å²) >= 11 is 4.10. The second-order valence-corrected chi connectivity index (χ2v) is 7.21. The zero-order valence-electron chi connectivity index (χ0n) is 11.9. The molecule has 112 valence electrons. The van der Waals surface area contributed by atoms with E-state index in [1.54, 1.807) is 21.3 Å². The molecule has 2 N–H and O–H groups in total. The molecule has 6 heteroatoms. The van der Waals surface area contributed by atoms with Gasteiger partial charge in [0, 0.05) is 11.8 Å². The molecule has 0 bridgehead atoms. The number of nitrogens with two attached hydrogens (primary N) is 1. The van der Waals surface area contributed by atoms with Crippen LogP contribution in [0.2, 0.25) is 0 Å². The van der Waals surface area contributed by atoms with Crippen molar-refractivity contribution in [2.45, 2.75) is 44.6 Å². The Labute approximate surface area is 119 Å². The van der Waals surface area contributed by atoms with Gasteiger partial charge in [-0.1, -0.05) is 19.3 Å². The molecule has 0 aromatic heterocycles. The Bertz CT molecular complexity index is 178. The second kappa shape index (κ2) is 11.4. The first kappa shape index (κ1) is 18.5. The van der Waals surface area contributed by atoms with Crippen LogP contribution in [0.25, 0.3) is 0 Å². The molecule has 1 saturated carbocycles. The van der Waals surface area contributed by atoms with Gasteiger partial charge in [0.15, 0.2) is 0 Å². The molecule has 1 aliphatic rings. The minimum absolute atomic E-state index is 0.536. The lowest BCUT2D eigenvalue weighted by atomic mass is 9.97. The van der Waals surface area contributed by atoms with Crippen LogP contribution in [0.1, 0.15) is 38.5 Å². The van der Waals surface area contributed by atoms with E-state index in [-0.39, 0.29) is 0 Å². The van der Waals surface area contributed by atoms with Crippen molar-refractivity contribution in [3.63, 3.8) is 0 Å². The molecule has 0 aromatic carbocycles. The molecule has 1 rings (SSSR count). The highest BCUT2D eigenvalue weighted by Crippen LogP contribution is 2.49. The molecule has 0 aliphatic heterocycles. The van der Waals surface area contributed by atoms with Crippen molar-refractivity contribution >= 4 is 23.5 Å². The number of thiol groups is 1. The van der Waals surface area contributed by atoms with Crippen LogP contribution in [-0.4, -0.2) is 38.9 Å². The summed E-state index contributed by atoms with van der Waals surface area (Å²) in [6.45, 7) is 0. The summed E-state index contributed by atoms with van der Waals surface area (Å²) < 4.78 is 15.4. The third-order valence-corrected chi connectivity index (χ3v) is 5.59. The summed E-state index contributed by atoms with van der Waals surface area (Å²) in [5.74, 6) is 1.60. The maximum Gasteiger partial charge on any atom is 0.0879 e. The van der Waals surface area contributed by atoms with Gasteiger partial charge in [0.05, 0.1) is 32.2 Å². The Morgan fingerprint density at radius 2 is 1.56 bits per heavy atom. The fraction of sp³-hybridized carbons (Fsp3) is 1.00. The Hall–Kier alpha value is 0.540. The molecule has 0 atom stereocenters. The largest absolute Gasteiger partial charge is 0.328 e. The fourth-order valence-electron chi connectivity index (χ4n) is 1.83. The Kier molecular flexibility index (Phi) is 11.7. The van der Waals surface area contributed by atoms with Gasteiger partial charge in [0.25, 0.3) is 0 Å². The zero-order chi connectivity index (χ0) is 13.9. The van der Waals surface area contributed by atoms with Gasteiger partial charge < -0.3 is 5.73 Å². The summed E-state index contributed by atoms with van der Waals surface area (Å²) in [7, 11) is 3.07. The van der Waals surface area contributed by atoms with Gasteiger partial charge in [0.2, 0.25) is 0 Å². The van der Waals surface area contributed by atoms with Gasteiger partial charge in [-0.25, -0.2) is 0 Å². The first-order chi connectivity index (χ1) is 8.64. The van der Waals surface area contributed by atoms with Crippen LogP contribution in [0.5, 0.6) is 0 Å². The number of hydrogen-bond donors (Lipinski definition) is 2. The third kappa shape index (κ3) is 7.86. The van der Waals surface area contributed by atoms with Crippen LogP contribution in [0.3, 0.4) is 0 Å². The zero-order valence-corrected chi connectivity index (χ0v) is 13.6. The maximum atomic E-state index is 5.63. The number of hydrogen-bond acceptors (Lipinski definition) is 5. The molecule has 0 radical (unpaired) electrons. The SMILES string of the molecule is COS(CCCS)(OC)OC.NC1CCCCC1. The van der Waals surface area contributed by atoms with Gasteiger partial charge in [-0.05, 0) is 25.0 Å². The highest BCUT2D eigenvalue weighted by Gasteiger charge is 2.21. The molecule has 4 nitrogen and oxygen atoms in total. The lowest BCUT2D eigenvalue weighted by Crippen LogP contribution is -2.22. The average molecular weight is 300 g/mol. The molecular formula is C12H29NO3S2. The van der Waals surface area contributed by atoms with E-state index in [0.29, 0.717) is 6.04 Å². The van der Waals surface area contributed by atoms with Crippen molar-refractivity contribution in [1.29, 1.82) is 0 Å². The quantitative estimate of drug-likeness (QED) is 0.740. The molecule has 0 spiro atoms. The van der Waals surface area contributed by atoms with Crippen molar-refractivity contribution in [3.05, 3.63) is 0 Å². The Morgan fingerprint density at radius 3 is 1.83 bits per heavy atom. The highest BCUT2D eigenvalue weighted by atomic mass is 32.3. The van der Waals surface area contributed by atoms with Crippen molar-refractivity contribution in [2.75, 3.05) is 32.8 Å². The molecular weight excluding hydrogens is 270 g/mol. The van der Waals surface area contributed by atoms with Crippen LogP contribution in [-0.2, 0) is 12.5 Å². The van der Waals surface area contributed by atoms with E-state index in [0.717, 1.165) is 17.9 Å². The Morgan fingerprint density at radius 1 is 1.06 bits per heavy atom. The minimum Gasteiger partial charge on any atom is -0.328 e. The third-order valence-electron chi connectivity index (χ3n) is 2.96. The maximum absolute atomic E-state index is 5.63. The Balaban J connectivity index is 0.000000351. The van der Waals surface area contributed by atoms with Gasteiger partial charge >= 0.3 is 0 Å². The van der Waals surface area contributed by atoms with E-state index < -0.39 is 10.9 Å². The molecule has 1 fully saturated rings. The summed E-state index contributed by atoms with van der Waals surface area (Å²) in [5.41, 5.74) is 5.63. The van der Waals surface area contributed by atoms with E-state index in [1.807, 2.05) is 0 Å². The molecule has 0 amide bonds. The van der Waals surface area contributed by atoms with Crippen LogP contribution in [0.15, 0.2) is 0 Å². The van der Waals surface area contributed by atoms with Crippen LogP contribution in [0, 0.1) is 0 Å². The van der Waals surface area contributed by atoms with Gasteiger partial charge in [-0.3, -0.25) is 12.5 Å². The smallest absolute Gasteiger partial charge is 0.0879 e. The molecule has 0 saturated heterocycles. The van der Waals surface area contributed by atoms with E-state index in [4.69, 9.17) is 18.3 Å². The first-order valence-corrected chi connectivity index (χ1v) is 8.69. The number of rotatable bonds is 6. The summed E-state index contributed by atoms with van der Waals surface area (Å²) in [4.78, 5) is 0. The van der Waals surface area contributed by atoms with Crippen LogP contribution < -0.4 is 5.73 Å². The minimum atomic E-state index is -1.72.